The molecular formula is C24H26ClFN4O3S2. The molecule has 0 radical (unpaired) electrons. The number of piperazine rings is 1. The highest BCUT2D eigenvalue weighted by Gasteiger charge is 2.24. The number of sulfonamides is 1. The van der Waals surface area contributed by atoms with Gasteiger partial charge in [-0.25, -0.2) is 17.8 Å². The topological polar surface area (TPSA) is 82.6 Å². The second-order valence-corrected chi connectivity index (χ2v) is 11.9. The first-order chi connectivity index (χ1) is 16.6. The van der Waals surface area contributed by atoms with Gasteiger partial charge in [0.05, 0.1) is 11.3 Å². The van der Waals surface area contributed by atoms with Crippen LogP contribution in [-0.2, 0) is 10.0 Å². The molecule has 1 N–H and O–H groups in total. The van der Waals surface area contributed by atoms with Gasteiger partial charge >= 0.3 is 0 Å². The maximum atomic E-state index is 13.6. The van der Waals surface area contributed by atoms with Crippen LogP contribution in [0.2, 0.25) is 5.02 Å². The molecule has 1 saturated heterocycles. The first-order valence-corrected chi connectivity index (χ1v) is 14.2. The van der Waals surface area contributed by atoms with E-state index in [1.165, 1.54) is 34.0 Å². The summed E-state index contributed by atoms with van der Waals surface area (Å²) in [5.41, 5.74) is 2.53. The molecule has 0 spiro atoms. The summed E-state index contributed by atoms with van der Waals surface area (Å²) in [5.74, 6) is -0.677. The first kappa shape index (κ1) is 25.7. The summed E-state index contributed by atoms with van der Waals surface area (Å²) in [6.45, 7) is 4.63. The molecule has 2 heterocycles. The van der Waals surface area contributed by atoms with E-state index in [9.17, 15) is 17.6 Å². The number of nitrogens with one attached hydrogen (secondary N) is 1. The van der Waals surface area contributed by atoms with Crippen molar-refractivity contribution in [3.05, 3.63) is 64.4 Å². The quantitative estimate of drug-likeness (QED) is 0.494. The van der Waals surface area contributed by atoms with Gasteiger partial charge in [-0.15, -0.1) is 11.3 Å². The number of rotatable bonds is 7. The van der Waals surface area contributed by atoms with Crippen molar-refractivity contribution in [1.82, 2.24) is 19.5 Å². The van der Waals surface area contributed by atoms with E-state index < -0.39 is 15.8 Å². The third kappa shape index (κ3) is 6.45. The number of carbonyl (C=O) groups is 1. The second-order valence-electron chi connectivity index (χ2n) is 8.60. The number of hydrogen-bond donors (Lipinski definition) is 1. The lowest BCUT2D eigenvalue weighted by Crippen LogP contribution is -2.51. The fourth-order valence-electron chi connectivity index (χ4n) is 4.11. The lowest BCUT2D eigenvalue weighted by atomic mass is 9.99. The largest absolute Gasteiger partial charge is 0.348 e. The van der Waals surface area contributed by atoms with Gasteiger partial charge in [-0.1, -0.05) is 11.6 Å². The van der Waals surface area contributed by atoms with E-state index in [2.05, 4.69) is 15.2 Å². The van der Waals surface area contributed by atoms with Gasteiger partial charge in [0.25, 0.3) is 5.91 Å². The predicted octanol–water partition coefficient (Wildman–Crippen LogP) is 3.97. The van der Waals surface area contributed by atoms with Crippen LogP contribution in [0.25, 0.3) is 21.7 Å². The predicted molar refractivity (Wildman–Crippen MR) is 138 cm³/mol. The molecule has 186 valence electrons. The van der Waals surface area contributed by atoms with Gasteiger partial charge in [0.1, 0.15) is 10.8 Å². The summed E-state index contributed by atoms with van der Waals surface area (Å²) < 4.78 is 38.5. The van der Waals surface area contributed by atoms with E-state index >= 15 is 0 Å². The third-order valence-electron chi connectivity index (χ3n) is 5.83. The zero-order chi connectivity index (χ0) is 25.2. The maximum absolute atomic E-state index is 13.6. The van der Waals surface area contributed by atoms with Crippen LogP contribution in [0.15, 0.2) is 48.0 Å². The molecule has 1 aliphatic heterocycles. The molecule has 35 heavy (non-hydrogen) atoms. The Bertz CT molecular complexity index is 1310. The minimum atomic E-state index is -3.19. The van der Waals surface area contributed by atoms with Crippen LogP contribution in [0.4, 0.5) is 4.39 Å². The third-order valence-corrected chi connectivity index (χ3v) is 8.26. The fraction of sp³-hybridized carbons (Fsp3) is 0.333. The Morgan fingerprint density at radius 1 is 1.17 bits per heavy atom. The van der Waals surface area contributed by atoms with E-state index in [-0.39, 0.29) is 17.0 Å². The highest BCUT2D eigenvalue weighted by Crippen LogP contribution is 2.33. The molecule has 3 aromatic rings. The Morgan fingerprint density at radius 3 is 2.51 bits per heavy atom. The van der Waals surface area contributed by atoms with E-state index in [0.29, 0.717) is 49.4 Å². The van der Waals surface area contributed by atoms with Crippen molar-refractivity contribution < 1.29 is 17.6 Å². The Hall–Kier alpha value is -2.37. The number of thiazole rings is 1. The molecule has 0 bridgehead atoms. The molecule has 0 saturated carbocycles. The Balaban J connectivity index is 1.51. The highest BCUT2D eigenvalue weighted by atomic mass is 35.5. The number of aromatic nitrogens is 1. The normalized spacial score (nSPS) is 16.2. The van der Waals surface area contributed by atoms with Crippen LogP contribution in [0.1, 0.15) is 17.3 Å². The standard InChI is InChI=1S/C24H26ClFN4O3S2/c1-16(15-29-6-8-30(9-7-29)35(2,32)33)28-23(31)18-11-17(21-4-3-20(26)14-22(21)25)12-19(13-18)24-27-5-10-34-24/h3-5,10-14,16H,6-9,15H2,1-2H3,(H,28,31)/t16-/m1/s1. The van der Waals surface area contributed by atoms with Crippen LogP contribution >= 0.6 is 22.9 Å². The van der Waals surface area contributed by atoms with Crippen molar-refractivity contribution in [3.63, 3.8) is 0 Å². The number of halogens is 2. The molecule has 0 aliphatic carbocycles. The van der Waals surface area contributed by atoms with E-state index in [1.807, 2.05) is 18.4 Å². The van der Waals surface area contributed by atoms with Crippen molar-refractivity contribution in [3.8, 4) is 21.7 Å². The molecule has 0 unspecified atom stereocenters. The summed E-state index contributed by atoms with van der Waals surface area (Å²) in [4.78, 5) is 19.7. The van der Waals surface area contributed by atoms with E-state index in [1.54, 1.807) is 24.4 Å². The van der Waals surface area contributed by atoms with Crippen LogP contribution in [-0.4, -0.2) is 73.5 Å². The second kappa shape index (κ2) is 10.7. The molecule has 4 rings (SSSR count). The Labute approximate surface area is 213 Å². The maximum Gasteiger partial charge on any atom is 0.251 e. The van der Waals surface area contributed by atoms with E-state index in [4.69, 9.17) is 11.6 Å². The van der Waals surface area contributed by atoms with Gasteiger partial charge in [-0.3, -0.25) is 9.69 Å². The summed E-state index contributed by atoms with van der Waals surface area (Å²) in [6, 6.07) is 9.43. The van der Waals surface area contributed by atoms with Crippen molar-refractivity contribution in [2.75, 3.05) is 39.0 Å². The summed E-state index contributed by atoms with van der Waals surface area (Å²) >= 11 is 7.76. The van der Waals surface area contributed by atoms with Gasteiger partial charge in [-0.05, 0) is 48.9 Å². The molecule has 2 aromatic carbocycles. The number of benzene rings is 2. The van der Waals surface area contributed by atoms with Gasteiger partial charge in [-0.2, -0.15) is 4.31 Å². The Kier molecular flexibility index (Phi) is 7.87. The zero-order valence-electron chi connectivity index (χ0n) is 19.4. The monoisotopic (exact) mass is 536 g/mol. The number of nitrogens with zero attached hydrogens (tertiary/aromatic N) is 3. The van der Waals surface area contributed by atoms with Crippen molar-refractivity contribution in [1.29, 1.82) is 0 Å². The molecule has 11 heteroatoms. The fourth-order valence-corrected chi connectivity index (χ4v) is 5.84. The van der Waals surface area contributed by atoms with Crippen molar-refractivity contribution >= 4 is 38.9 Å². The van der Waals surface area contributed by atoms with Crippen molar-refractivity contribution in [2.24, 2.45) is 0 Å². The molecular weight excluding hydrogens is 511 g/mol. The van der Waals surface area contributed by atoms with Crippen LogP contribution in [0.3, 0.4) is 0 Å². The number of amides is 1. The van der Waals surface area contributed by atoms with Gasteiger partial charge in [0, 0.05) is 67.0 Å². The summed E-state index contributed by atoms with van der Waals surface area (Å²) in [6.07, 6.45) is 2.92. The minimum absolute atomic E-state index is 0.159. The lowest BCUT2D eigenvalue weighted by molar-refractivity contribution is 0.0922. The minimum Gasteiger partial charge on any atom is -0.348 e. The smallest absolute Gasteiger partial charge is 0.251 e. The van der Waals surface area contributed by atoms with E-state index in [0.717, 1.165) is 10.6 Å². The average Bonchev–Trinajstić information content (AvgIpc) is 3.33. The van der Waals surface area contributed by atoms with Crippen LogP contribution in [0, 0.1) is 5.82 Å². The molecule has 1 aromatic heterocycles. The zero-order valence-corrected chi connectivity index (χ0v) is 21.8. The van der Waals surface area contributed by atoms with Gasteiger partial charge in [0.15, 0.2) is 0 Å². The first-order valence-electron chi connectivity index (χ1n) is 11.1. The average molecular weight is 537 g/mol. The van der Waals surface area contributed by atoms with Crippen LogP contribution < -0.4 is 5.32 Å². The summed E-state index contributed by atoms with van der Waals surface area (Å²) in [7, 11) is -3.19. The highest BCUT2D eigenvalue weighted by molar-refractivity contribution is 7.88. The molecule has 1 amide bonds. The number of hydrogen-bond acceptors (Lipinski definition) is 6. The lowest BCUT2D eigenvalue weighted by Gasteiger charge is -2.34. The molecule has 1 fully saturated rings. The van der Waals surface area contributed by atoms with Crippen LogP contribution in [0.5, 0.6) is 0 Å². The SMILES string of the molecule is C[C@H](CN1CCN(S(C)(=O)=O)CC1)NC(=O)c1cc(-c2nccs2)cc(-c2ccc(F)cc2Cl)c1. The van der Waals surface area contributed by atoms with Gasteiger partial charge in [0.2, 0.25) is 10.0 Å². The van der Waals surface area contributed by atoms with Crippen molar-refractivity contribution in [2.45, 2.75) is 13.0 Å². The molecule has 1 aliphatic rings. The summed E-state index contributed by atoms with van der Waals surface area (Å²) in [5, 5.41) is 5.92. The molecule has 7 nitrogen and oxygen atoms in total. The Morgan fingerprint density at radius 2 is 1.89 bits per heavy atom. The van der Waals surface area contributed by atoms with Gasteiger partial charge < -0.3 is 5.32 Å². The molecule has 1 atom stereocenters. The number of carbonyl (C=O) groups excluding carboxylic acids is 1.